The third-order valence-corrected chi connectivity index (χ3v) is 5.38. The Kier molecular flexibility index (Phi) is 6.37. The summed E-state index contributed by atoms with van der Waals surface area (Å²) in [6, 6.07) is -0.294. The van der Waals surface area contributed by atoms with Gasteiger partial charge in [-0.2, -0.15) is 0 Å². The van der Waals surface area contributed by atoms with Crippen LogP contribution >= 0.6 is 11.8 Å². The molecule has 5 nitrogen and oxygen atoms in total. The van der Waals surface area contributed by atoms with Gasteiger partial charge in [-0.1, -0.05) is 20.8 Å². The third-order valence-electron chi connectivity index (χ3n) is 4.37. The fourth-order valence-electron chi connectivity index (χ4n) is 3.07. The highest BCUT2D eigenvalue weighted by Crippen LogP contribution is 2.28. The molecule has 2 rings (SSSR count). The van der Waals surface area contributed by atoms with Crippen LogP contribution in [0, 0.1) is 11.3 Å². The van der Waals surface area contributed by atoms with Gasteiger partial charge in [0.2, 0.25) is 11.8 Å². The molecule has 2 aliphatic rings. The molecule has 0 bridgehead atoms. The Labute approximate surface area is 144 Å². The standard InChI is InChI=1S/C17H30N2O3S/c1-5-18(9-13-6-7-22-10-13)16(21)14-11-23-12-19(14)15(20)8-17(2,3)4/h13-14H,5-12H2,1-4H3/t13-,14+/m1/s1. The van der Waals surface area contributed by atoms with Crippen LogP contribution < -0.4 is 0 Å². The van der Waals surface area contributed by atoms with Gasteiger partial charge in [0.15, 0.2) is 0 Å². The minimum Gasteiger partial charge on any atom is -0.381 e. The van der Waals surface area contributed by atoms with Crippen LogP contribution in [0.4, 0.5) is 0 Å². The van der Waals surface area contributed by atoms with Crippen molar-refractivity contribution < 1.29 is 14.3 Å². The van der Waals surface area contributed by atoms with Crippen molar-refractivity contribution in [2.24, 2.45) is 11.3 Å². The number of hydrogen-bond acceptors (Lipinski definition) is 4. The number of likely N-dealkylation sites (N-methyl/N-ethyl adjacent to an activating group) is 1. The van der Waals surface area contributed by atoms with E-state index in [9.17, 15) is 9.59 Å². The van der Waals surface area contributed by atoms with Crippen molar-refractivity contribution >= 4 is 23.6 Å². The molecule has 0 unspecified atom stereocenters. The van der Waals surface area contributed by atoms with Gasteiger partial charge in [0.25, 0.3) is 0 Å². The summed E-state index contributed by atoms with van der Waals surface area (Å²) >= 11 is 1.68. The van der Waals surface area contributed by atoms with Crippen molar-refractivity contribution in [3.05, 3.63) is 0 Å². The third kappa shape index (κ3) is 5.11. The van der Waals surface area contributed by atoms with Crippen LogP contribution in [-0.2, 0) is 14.3 Å². The average Bonchev–Trinajstić information content (AvgIpc) is 3.13. The Morgan fingerprint density at radius 3 is 2.65 bits per heavy atom. The Balaban J connectivity index is 1.99. The van der Waals surface area contributed by atoms with Crippen molar-refractivity contribution in [3.8, 4) is 0 Å². The molecule has 2 saturated heterocycles. The smallest absolute Gasteiger partial charge is 0.246 e. The van der Waals surface area contributed by atoms with E-state index in [1.807, 2.05) is 11.8 Å². The molecule has 2 atom stereocenters. The first-order valence-corrected chi connectivity index (χ1v) is 9.71. The molecule has 2 heterocycles. The van der Waals surface area contributed by atoms with Crippen molar-refractivity contribution in [2.45, 2.75) is 46.6 Å². The number of thioether (sulfide) groups is 1. The van der Waals surface area contributed by atoms with E-state index in [-0.39, 0.29) is 23.3 Å². The maximum Gasteiger partial charge on any atom is 0.246 e. The first-order valence-electron chi connectivity index (χ1n) is 8.55. The number of carbonyl (C=O) groups excluding carboxylic acids is 2. The molecule has 0 saturated carbocycles. The first kappa shape index (κ1) is 18.6. The zero-order valence-electron chi connectivity index (χ0n) is 14.8. The normalized spacial score (nSPS) is 25.0. The second kappa shape index (κ2) is 7.88. The Morgan fingerprint density at radius 1 is 1.35 bits per heavy atom. The van der Waals surface area contributed by atoms with Gasteiger partial charge in [-0.25, -0.2) is 0 Å². The van der Waals surface area contributed by atoms with Crippen LogP contribution in [0.2, 0.25) is 0 Å². The van der Waals surface area contributed by atoms with Gasteiger partial charge in [0, 0.05) is 37.8 Å². The summed E-state index contributed by atoms with van der Waals surface area (Å²) in [5.74, 6) is 1.99. The van der Waals surface area contributed by atoms with Crippen molar-refractivity contribution in [2.75, 3.05) is 37.9 Å². The van der Waals surface area contributed by atoms with E-state index in [1.165, 1.54) is 0 Å². The fourth-order valence-corrected chi connectivity index (χ4v) is 4.24. The van der Waals surface area contributed by atoms with Crippen LogP contribution in [0.1, 0.15) is 40.5 Å². The zero-order chi connectivity index (χ0) is 17.0. The second-order valence-corrected chi connectivity index (χ2v) is 8.72. The molecule has 2 amide bonds. The van der Waals surface area contributed by atoms with E-state index in [1.54, 1.807) is 16.7 Å². The van der Waals surface area contributed by atoms with Crippen LogP contribution in [-0.4, -0.2) is 65.6 Å². The maximum atomic E-state index is 12.9. The highest BCUT2D eigenvalue weighted by molar-refractivity contribution is 7.99. The summed E-state index contributed by atoms with van der Waals surface area (Å²) in [5.41, 5.74) is -0.0520. The molecule has 0 aromatic rings. The van der Waals surface area contributed by atoms with Crippen LogP contribution in [0.3, 0.4) is 0 Å². The number of rotatable bonds is 5. The van der Waals surface area contributed by atoms with Crippen LogP contribution in [0.5, 0.6) is 0 Å². The summed E-state index contributed by atoms with van der Waals surface area (Å²) in [4.78, 5) is 29.2. The average molecular weight is 343 g/mol. The second-order valence-electron chi connectivity index (χ2n) is 7.72. The van der Waals surface area contributed by atoms with Crippen molar-refractivity contribution in [1.82, 2.24) is 9.80 Å². The summed E-state index contributed by atoms with van der Waals surface area (Å²) in [7, 11) is 0. The number of amides is 2. The highest BCUT2D eigenvalue weighted by Gasteiger charge is 2.38. The van der Waals surface area contributed by atoms with E-state index >= 15 is 0 Å². The number of ether oxygens (including phenoxy) is 1. The van der Waals surface area contributed by atoms with Gasteiger partial charge in [0.05, 0.1) is 12.5 Å². The van der Waals surface area contributed by atoms with Crippen molar-refractivity contribution in [3.63, 3.8) is 0 Å². The lowest BCUT2D eigenvalue weighted by Crippen LogP contribution is -2.50. The molecule has 0 aromatic heterocycles. The minimum atomic E-state index is -0.294. The topological polar surface area (TPSA) is 49.9 Å². The number of carbonyl (C=O) groups is 2. The summed E-state index contributed by atoms with van der Waals surface area (Å²) in [5, 5.41) is 0. The SMILES string of the molecule is CCN(C[C@H]1CCOC1)C(=O)[C@@H]1CSCN1C(=O)CC(C)(C)C. The first-order chi connectivity index (χ1) is 10.8. The quantitative estimate of drug-likeness (QED) is 0.769. The molecule has 132 valence electrons. The number of hydrogen-bond donors (Lipinski definition) is 0. The van der Waals surface area contributed by atoms with E-state index in [0.29, 0.717) is 30.5 Å². The molecule has 23 heavy (non-hydrogen) atoms. The predicted molar refractivity (Wildman–Crippen MR) is 93.2 cm³/mol. The van der Waals surface area contributed by atoms with Gasteiger partial charge < -0.3 is 14.5 Å². The summed E-state index contributed by atoms with van der Waals surface area (Å²) < 4.78 is 5.42. The molecule has 0 aliphatic carbocycles. The molecule has 2 fully saturated rings. The fraction of sp³-hybridized carbons (Fsp3) is 0.882. The van der Waals surface area contributed by atoms with Gasteiger partial charge in [-0.05, 0) is 18.8 Å². The van der Waals surface area contributed by atoms with Crippen LogP contribution in [0.15, 0.2) is 0 Å². The molecule has 2 aliphatic heterocycles. The maximum absolute atomic E-state index is 12.9. The van der Waals surface area contributed by atoms with E-state index in [4.69, 9.17) is 4.74 Å². The Bertz CT molecular complexity index is 430. The summed E-state index contributed by atoms with van der Waals surface area (Å²) in [6.07, 6.45) is 1.51. The molecule has 0 N–H and O–H groups in total. The van der Waals surface area contributed by atoms with Crippen LogP contribution in [0.25, 0.3) is 0 Å². The van der Waals surface area contributed by atoms with Gasteiger partial charge in [0.1, 0.15) is 6.04 Å². The molecule has 6 heteroatoms. The predicted octanol–water partition coefficient (Wildman–Crippen LogP) is 2.21. The molecule has 0 aromatic carbocycles. The highest BCUT2D eigenvalue weighted by atomic mass is 32.2. The lowest BCUT2D eigenvalue weighted by Gasteiger charge is -2.31. The monoisotopic (exact) mass is 342 g/mol. The van der Waals surface area contributed by atoms with E-state index in [0.717, 1.165) is 26.2 Å². The molecular weight excluding hydrogens is 312 g/mol. The molecular formula is C17H30N2O3S. The summed E-state index contributed by atoms with van der Waals surface area (Å²) in [6.45, 7) is 11.2. The molecule has 0 spiro atoms. The van der Waals surface area contributed by atoms with E-state index < -0.39 is 0 Å². The van der Waals surface area contributed by atoms with Gasteiger partial charge >= 0.3 is 0 Å². The van der Waals surface area contributed by atoms with Gasteiger partial charge in [-0.15, -0.1) is 11.8 Å². The zero-order valence-corrected chi connectivity index (χ0v) is 15.7. The molecule has 0 radical (unpaired) electrons. The number of nitrogens with zero attached hydrogens (tertiary/aromatic N) is 2. The Morgan fingerprint density at radius 2 is 2.09 bits per heavy atom. The largest absolute Gasteiger partial charge is 0.381 e. The lowest BCUT2D eigenvalue weighted by atomic mass is 9.91. The van der Waals surface area contributed by atoms with E-state index in [2.05, 4.69) is 20.8 Å². The van der Waals surface area contributed by atoms with Gasteiger partial charge in [-0.3, -0.25) is 9.59 Å². The Hall–Kier alpha value is -0.750. The van der Waals surface area contributed by atoms with Crippen molar-refractivity contribution in [1.29, 1.82) is 0 Å². The minimum absolute atomic E-state index is 0.0520. The lowest BCUT2D eigenvalue weighted by molar-refractivity contribution is -0.144.